The zero-order valence-corrected chi connectivity index (χ0v) is 60.1. The number of anilines is 2. The number of aromatic nitrogens is 2. The van der Waals surface area contributed by atoms with Crippen LogP contribution in [0.2, 0.25) is 0 Å². The fourth-order valence-electron chi connectivity index (χ4n) is 12.6. The zero-order chi connectivity index (χ0) is 73.0. The molecule has 4 aliphatic rings. The molecule has 0 radical (unpaired) electrons. The van der Waals surface area contributed by atoms with E-state index in [1.807, 2.05) is 120 Å². The van der Waals surface area contributed by atoms with Crippen LogP contribution in [0.15, 0.2) is 164 Å². The van der Waals surface area contributed by atoms with E-state index in [-0.39, 0.29) is 62.6 Å². The number of benzene rings is 6. The van der Waals surface area contributed by atoms with Gasteiger partial charge >= 0.3 is 5.69 Å². The van der Waals surface area contributed by atoms with Gasteiger partial charge in [0.15, 0.2) is 36.6 Å². The third kappa shape index (κ3) is 18.6. The van der Waals surface area contributed by atoms with Crippen LogP contribution in [0.25, 0.3) is 11.0 Å². The number of rotatable bonds is 18. The van der Waals surface area contributed by atoms with Gasteiger partial charge < -0.3 is 81.4 Å². The molecule has 5 heterocycles. The highest BCUT2D eigenvalue weighted by molar-refractivity contribution is 9.11. The number of fused-ring (bicyclic) bond motifs is 1. The van der Waals surface area contributed by atoms with Gasteiger partial charge in [-0.05, 0) is 136 Å². The largest absolute Gasteiger partial charge is 0.380 e. The first-order valence-corrected chi connectivity index (χ1v) is 35.2. The van der Waals surface area contributed by atoms with Crippen molar-refractivity contribution in [3.63, 3.8) is 0 Å². The van der Waals surface area contributed by atoms with E-state index in [2.05, 4.69) is 74.0 Å². The lowest BCUT2D eigenvalue weighted by atomic mass is 9.85. The minimum absolute atomic E-state index is 0.0876. The van der Waals surface area contributed by atoms with Gasteiger partial charge in [-0.1, -0.05) is 115 Å². The number of nitrogens with zero attached hydrogens (tertiary/aromatic N) is 6. The number of likely N-dealkylation sites (tertiary alicyclic amines) is 2. The molecule has 7 aromatic rings. The fourth-order valence-corrected chi connectivity index (χ4v) is 13.4. The van der Waals surface area contributed by atoms with Crippen LogP contribution in [0, 0.1) is 11.6 Å². The van der Waals surface area contributed by atoms with Crippen LogP contribution < -0.4 is 36.8 Å². The number of aromatic amines is 1. The number of halogens is 5. The van der Waals surface area contributed by atoms with Gasteiger partial charge in [-0.25, -0.2) is 13.6 Å². The normalized spacial score (nSPS) is 18.0. The van der Waals surface area contributed by atoms with E-state index in [0.29, 0.717) is 45.4 Å². The Morgan fingerprint density at radius 2 is 0.911 bits per heavy atom. The second-order valence-electron chi connectivity index (χ2n) is 25.1. The Balaban J connectivity index is 0.000000177. The Labute approximate surface area is 605 Å². The maximum Gasteiger partial charge on any atom is 0.326 e. The first kappa shape index (κ1) is 76.7. The zero-order valence-electron chi connectivity index (χ0n) is 55.3. The second kappa shape index (κ2) is 34.5. The molecule has 1 aromatic heterocycles. The Morgan fingerprint density at radius 3 is 1.35 bits per heavy atom. The van der Waals surface area contributed by atoms with Crippen molar-refractivity contribution in [2.24, 2.45) is 0 Å². The van der Waals surface area contributed by atoms with Gasteiger partial charge in [0, 0.05) is 83.6 Å². The summed E-state index contributed by atoms with van der Waals surface area (Å²) in [6, 6.07) is 40.8. The molecular formula is C71H80Br3F2N11O14. The molecule has 6 aromatic carbocycles. The summed E-state index contributed by atoms with van der Waals surface area (Å²) in [6.45, 7) is 7.45. The number of carbonyl (C=O) groups excluding carboxylic acids is 7. The number of hydrogen-bond acceptors (Lipinski definition) is 16. The Morgan fingerprint density at radius 1 is 0.505 bits per heavy atom. The summed E-state index contributed by atoms with van der Waals surface area (Å²) in [5.41, 5.74) is 4.15. The van der Waals surface area contributed by atoms with Gasteiger partial charge in [-0.2, -0.15) is 0 Å². The number of aliphatic hydroxyl groups is 6. The standard InChI is InChI=1S/C25H29BrN4O5.C24H27BrN4O5.C22H24BrF2N3O4/c1-16(17-7-9-18(26)10-8-17)28-22(33)20(31)21(32)23(34)29-13-11-25(12-14-29)24(35)27-15-30(25)19-5-3-2-4-6-19;1-14(15-6-8-16(25)9-7-15)26-22(32)20(30)21(31)23(33)28-12-10-17(11-13-28)29-19-5-3-2-4-18(19)27-24(29)34;1-13(14-2-4-15(23)5-3-14)26-21(31)19(29)20(30)22(32)28-10-8-27(9-11-28)18-7-6-16(24)12-17(18)25/h2-10,16,20-21,31-32H,11-15H2,1H3,(H,27,35)(H,28,33);2-9,14,17,20-21,30-31H,10-13H2,1H3,(H,26,32)(H,27,34);2-7,12-13,19-20,29-30H,8-11H2,1H3,(H,26,31)/t16-,20+,21+;14-,20+,21+;13-,19+,20+/m000/s1. The molecule has 101 heavy (non-hydrogen) atoms. The van der Waals surface area contributed by atoms with Gasteiger partial charge in [0.05, 0.1) is 41.5 Å². The van der Waals surface area contributed by atoms with Gasteiger partial charge in [0.2, 0.25) is 5.91 Å². The molecule has 0 bridgehead atoms. The van der Waals surface area contributed by atoms with Crippen molar-refractivity contribution in [1.82, 2.24) is 45.5 Å². The number of H-pyrrole nitrogens is 1. The monoisotopic (exact) mass is 1590 g/mol. The maximum absolute atomic E-state index is 14.0. The molecule has 0 unspecified atom stereocenters. The molecular weight excluding hydrogens is 1510 g/mol. The quantitative estimate of drug-likeness (QED) is 0.0530. The second-order valence-corrected chi connectivity index (χ2v) is 27.8. The third-order valence-corrected chi connectivity index (χ3v) is 20.1. The SMILES string of the molecule is C[C@H](NC(=O)[C@H](O)[C@@H](O)C(=O)N1CCC(n2c(=O)[nH]c3ccccc32)CC1)c1ccc(Br)cc1.C[C@H](NC(=O)[C@H](O)[C@@H](O)C(=O)N1CCC2(CC1)C(=O)NCN2c1ccccc1)c1ccc(Br)cc1.C[C@H](NC(=O)[C@H](O)[C@@H](O)C(=O)N1CCN(c2ccc(F)cc2F)CC1)c1ccc(Br)cc1. The number of hydrogen-bond donors (Lipinski definition) is 11. The minimum Gasteiger partial charge on any atom is -0.380 e. The van der Waals surface area contributed by atoms with E-state index in [0.717, 1.165) is 59.0 Å². The summed E-state index contributed by atoms with van der Waals surface area (Å²) in [5, 5.41) is 72.8. The van der Waals surface area contributed by atoms with E-state index in [1.54, 1.807) is 42.4 Å². The lowest BCUT2D eigenvalue weighted by molar-refractivity contribution is -0.154. The number of carbonyl (C=O) groups is 7. The minimum atomic E-state index is -1.94. The number of piperidine rings is 2. The predicted molar refractivity (Wildman–Crippen MR) is 381 cm³/mol. The first-order chi connectivity index (χ1) is 48.1. The van der Waals surface area contributed by atoms with Gasteiger partial charge in [0.1, 0.15) is 17.2 Å². The predicted octanol–water partition coefficient (Wildman–Crippen LogP) is 5.13. The van der Waals surface area contributed by atoms with Crippen LogP contribution in [0.4, 0.5) is 20.2 Å². The summed E-state index contributed by atoms with van der Waals surface area (Å²) in [7, 11) is 0. The van der Waals surface area contributed by atoms with Crippen molar-refractivity contribution >= 4 is 112 Å². The molecule has 11 rings (SSSR count). The summed E-state index contributed by atoms with van der Waals surface area (Å²) in [6.07, 6.45) is -9.66. The van der Waals surface area contributed by atoms with E-state index in [1.165, 1.54) is 20.8 Å². The highest BCUT2D eigenvalue weighted by Gasteiger charge is 2.52. The first-order valence-electron chi connectivity index (χ1n) is 32.8. The smallest absolute Gasteiger partial charge is 0.326 e. The maximum atomic E-state index is 14.0. The number of aliphatic hydroxyl groups excluding tert-OH is 6. The van der Waals surface area contributed by atoms with Crippen LogP contribution in [0.1, 0.15) is 87.3 Å². The number of imidazole rings is 1. The van der Waals surface area contributed by atoms with Crippen LogP contribution in [-0.4, -0.2) is 197 Å². The molecule has 30 heteroatoms. The number of nitrogens with one attached hydrogen (secondary N) is 5. The van der Waals surface area contributed by atoms with E-state index in [4.69, 9.17) is 0 Å². The molecule has 538 valence electrons. The summed E-state index contributed by atoms with van der Waals surface area (Å²) in [5.74, 6) is -6.21. The summed E-state index contributed by atoms with van der Waals surface area (Å²) >= 11 is 10.0. The Hall–Kier alpha value is -8.46. The molecule has 4 aliphatic heterocycles. The molecule has 1 spiro atoms. The van der Waals surface area contributed by atoms with Crippen molar-refractivity contribution in [2.45, 2.75) is 113 Å². The van der Waals surface area contributed by atoms with E-state index in [9.17, 15) is 77.8 Å². The molecule has 0 saturated carbocycles. The van der Waals surface area contributed by atoms with Crippen LogP contribution >= 0.6 is 47.8 Å². The molecule has 25 nitrogen and oxygen atoms in total. The number of para-hydroxylation sites is 3. The lowest BCUT2D eigenvalue weighted by Crippen LogP contribution is -2.59. The van der Waals surface area contributed by atoms with Gasteiger partial charge in [-0.3, -0.25) is 38.1 Å². The highest BCUT2D eigenvalue weighted by atomic mass is 79.9. The average Bonchev–Trinajstić information content (AvgIpc) is 1.64. The van der Waals surface area contributed by atoms with Crippen molar-refractivity contribution in [1.29, 1.82) is 0 Å². The summed E-state index contributed by atoms with van der Waals surface area (Å²) in [4.78, 5) is 111. The Kier molecular flexibility index (Phi) is 26.2. The van der Waals surface area contributed by atoms with Crippen molar-refractivity contribution in [3.05, 3.63) is 198 Å². The van der Waals surface area contributed by atoms with Crippen LogP contribution in [0.3, 0.4) is 0 Å². The molecule has 0 aliphatic carbocycles. The molecule has 4 saturated heterocycles. The number of amides is 7. The Bertz CT molecular complexity index is 4100. The van der Waals surface area contributed by atoms with Crippen LogP contribution in [0.5, 0.6) is 0 Å². The number of piperazine rings is 1. The van der Waals surface area contributed by atoms with Gasteiger partial charge in [0.25, 0.3) is 35.4 Å². The molecule has 9 atom stereocenters. The van der Waals surface area contributed by atoms with Gasteiger partial charge in [-0.15, -0.1) is 0 Å². The molecule has 7 amide bonds. The third-order valence-electron chi connectivity index (χ3n) is 18.6. The molecule has 11 N–H and O–H groups in total. The lowest BCUT2D eigenvalue weighted by Gasteiger charge is -2.43. The van der Waals surface area contributed by atoms with Crippen molar-refractivity contribution < 1.29 is 73.0 Å². The van der Waals surface area contributed by atoms with Crippen molar-refractivity contribution in [2.75, 3.05) is 68.8 Å². The van der Waals surface area contributed by atoms with E-state index < -0.39 is 107 Å². The van der Waals surface area contributed by atoms with E-state index >= 15 is 0 Å². The summed E-state index contributed by atoms with van der Waals surface area (Å²) < 4.78 is 31.5. The van der Waals surface area contributed by atoms with Crippen molar-refractivity contribution in [3.8, 4) is 0 Å². The van der Waals surface area contributed by atoms with Crippen LogP contribution in [-0.2, 0) is 33.6 Å². The highest BCUT2D eigenvalue weighted by Crippen LogP contribution is 2.37. The topological polar surface area (TPSA) is 343 Å². The average molecular weight is 1590 g/mol. The molecule has 4 fully saturated rings. The fraction of sp³-hybridized carbons (Fsp3) is 0.380.